The van der Waals surface area contributed by atoms with E-state index in [1.165, 1.54) is 6.20 Å². The van der Waals surface area contributed by atoms with Crippen molar-refractivity contribution >= 4 is 17.5 Å². The van der Waals surface area contributed by atoms with Crippen LogP contribution in [0.5, 0.6) is 0 Å². The summed E-state index contributed by atoms with van der Waals surface area (Å²) in [6.07, 6.45) is 2.11. The first-order chi connectivity index (χ1) is 8.09. The summed E-state index contributed by atoms with van der Waals surface area (Å²) in [5.41, 5.74) is 6.11. The summed E-state index contributed by atoms with van der Waals surface area (Å²) in [5.74, 6) is -0.482. The minimum absolute atomic E-state index is 0.0761. The maximum absolute atomic E-state index is 11.8. The molecular formula is C11H14N4O2. The topological polar surface area (TPSA) is 88.3 Å². The highest BCUT2D eigenvalue weighted by molar-refractivity contribution is 6.00. The summed E-state index contributed by atoms with van der Waals surface area (Å²) in [6, 6.07) is 2.79. The maximum Gasteiger partial charge on any atom is 0.272 e. The number of nitrogens with two attached hydrogens (primary N) is 1. The number of rotatable bonds is 2. The van der Waals surface area contributed by atoms with Crippen LogP contribution in [0.2, 0.25) is 0 Å². The third-order valence-electron chi connectivity index (χ3n) is 2.79. The third kappa shape index (κ3) is 2.20. The fourth-order valence-electron chi connectivity index (χ4n) is 1.79. The molecule has 2 amide bonds. The molecule has 0 aliphatic carbocycles. The molecule has 1 unspecified atom stereocenters. The lowest BCUT2D eigenvalue weighted by Crippen LogP contribution is -2.41. The number of likely N-dealkylation sites (N-methyl/N-ethyl adjacent to an activating group) is 1. The fraction of sp³-hybridized carbons (Fsp3) is 0.364. The lowest BCUT2D eigenvalue weighted by atomic mass is 10.2. The Balaban J connectivity index is 2.08. The van der Waals surface area contributed by atoms with Gasteiger partial charge in [0.1, 0.15) is 6.04 Å². The molecule has 1 aromatic heterocycles. The second-order valence-corrected chi connectivity index (χ2v) is 4.02. The Morgan fingerprint density at radius 2 is 2.41 bits per heavy atom. The summed E-state index contributed by atoms with van der Waals surface area (Å²) < 4.78 is 0. The monoisotopic (exact) mass is 234 g/mol. The maximum atomic E-state index is 11.8. The van der Waals surface area contributed by atoms with Crippen molar-refractivity contribution in [3.05, 3.63) is 24.0 Å². The molecule has 17 heavy (non-hydrogen) atoms. The molecule has 3 N–H and O–H groups in total. The lowest BCUT2D eigenvalue weighted by Gasteiger charge is -2.12. The van der Waals surface area contributed by atoms with Crippen LogP contribution in [0.1, 0.15) is 16.9 Å². The highest BCUT2D eigenvalue weighted by Gasteiger charge is 2.30. The van der Waals surface area contributed by atoms with Gasteiger partial charge in [-0.1, -0.05) is 0 Å². The van der Waals surface area contributed by atoms with Crippen molar-refractivity contribution < 1.29 is 9.59 Å². The van der Waals surface area contributed by atoms with Gasteiger partial charge in [-0.2, -0.15) is 0 Å². The lowest BCUT2D eigenvalue weighted by molar-refractivity contribution is -0.128. The summed E-state index contributed by atoms with van der Waals surface area (Å²) in [6.45, 7) is 0.654. The van der Waals surface area contributed by atoms with E-state index in [0.29, 0.717) is 18.7 Å². The largest absolute Gasteiger partial charge is 0.397 e. The number of hydrogen-bond acceptors (Lipinski definition) is 4. The van der Waals surface area contributed by atoms with Crippen LogP contribution < -0.4 is 11.1 Å². The van der Waals surface area contributed by atoms with Crippen LogP contribution in [-0.4, -0.2) is 41.3 Å². The molecule has 1 fully saturated rings. The van der Waals surface area contributed by atoms with Crippen molar-refractivity contribution in [2.75, 3.05) is 19.3 Å². The molecule has 0 saturated carbocycles. The molecule has 0 radical (unpaired) electrons. The van der Waals surface area contributed by atoms with Gasteiger partial charge in [-0.05, 0) is 18.6 Å². The van der Waals surface area contributed by atoms with E-state index in [2.05, 4.69) is 10.3 Å². The molecule has 90 valence electrons. The number of carbonyl (C=O) groups excluding carboxylic acids is 2. The summed E-state index contributed by atoms with van der Waals surface area (Å²) in [5, 5.41) is 2.64. The Labute approximate surface area is 98.8 Å². The Morgan fingerprint density at radius 3 is 3.00 bits per heavy atom. The van der Waals surface area contributed by atoms with Crippen molar-refractivity contribution in [2.45, 2.75) is 12.5 Å². The van der Waals surface area contributed by atoms with Gasteiger partial charge >= 0.3 is 0 Å². The predicted octanol–water partition coefficient (Wildman–Crippen LogP) is -0.376. The average molecular weight is 234 g/mol. The van der Waals surface area contributed by atoms with E-state index in [-0.39, 0.29) is 11.6 Å². The van der Waals surface area contributed by atoms with E-state index in [1.54, 1.807) is 24.1 Å². The van der Waals surface area contributed by atoms with Crippen LogP contribution in [0, 0.1) is 0 Å². The smallest absolute Gasteiger partial charge is 0.272 e. The number of nitrogens with zero attached hydrogens (tertiary/aromatic N) is 2. The Hall–Kier alpha value is -2.11. The van der Waals surface area contributed by atoms with E-state index in [4.69, 9.17) is 5.73 Å². The van der Waals surface area contributed by atoms with Gasteiger partial charge in [-0.15, -0.1) is 0 Å². The molecule has 1 aliphatic heterocycles. The van der Waals surface area contributed by atoms with E-state index in [1.807, 2.05) is 0 Å². The standard InChI is InChI=1S/C11H14N4O2/c1-15-6-4-8(11(15)17)14-10(16)9-7(12)3-2-5-13-9/h2-3,5,8H,4,6,12H2,1H3,(H,14,16). The first-order valence-electron chi connectivity index (χ1n) is 5.36. The van der Waals surface area contributed by atoms with Crippen molar-refractivity contribution in [2.24, 2.45) is 0 Å². The van der Waals surface area contributed by atoms with Gasteiger partial charge in [0, 0.05) is 19.8 Å². The van der Waals surface area contributed by atoms with Gasteiger partial charge in [0.2, 0.25) is 5.91 Å². The number of anilines is 1. The Morgan fingerprint density at radius 1 is 1.65 bits per heavy atom. The minimum Gasteiger partial charge on any atom is -0.397 e. The van der Waals surface area contributed by atoms with Crippen molar-refractivity contribution in [3.63, 3.8) is 0 Å². The van der Waals surface area contributed by atoms with Crippen LogP contribution in [-0.2, 0) is 4.79 Å². The van der Waals surface area contributed by atoms with E-state index in [9.17, 15) is 9.59 Å². The molecule has 6 nitrogen and oxygen atoms in total. The molecule has 0 spiro atoms. The zero-order valence-corrected chi connectivity index (χ0v) is 9.51. The number of carbonyl (C=O) groups is 2. The Kier molecular flexibility index (Phi) is 2.95. The number of nitrogen functional groups attached to an aromatic ring is 1. The molecule has 1 saturated heterocycles. The van der Waals surface area contributed by atoms with Gasteiger partial charge in [0.25, 0.3) is 5.91 Å². The zero-order chi connectivity index (χ0) is 12.4. The van der Waals surface area contributed by atoms with Crippen molar-refractivity contribution in [1.82, 2.24) is 15.2 Å². The molecule has 1 atom stereocenters. The van der Waals surface area contributed by atoms with E-state index < -0.39 is 11.9 Å². The fourth-order valence-corrected chi connectivity index (χ4v) is 1.79. The predicted molar refractivity (Wildman–Crippen MR) is 62.2 cm³/mol. The SMILES string of the molecule is CN1CCC(NC(=O)c2ncccc2N)C1=O. The molecule has 2 heterocycles. The van der Waals surface area contributed by atoms with Crippen molar-refractivity contribution in [3.8, 4) is 0 Å². The zero-order valence-electron chi connectivity index (χ0n) is 9.51. The van der Waals surface area contributed by atoms with E-state index >= 15 is 0 Å². The highest BCUT2D eigenvalue weighted by atomic mass is 16.2. The minimum atomic E-state index is -0.464. The number of pyridine rings is 1. The molecule has 0 bridgehead atoms. The van der Waals surface area contributed by atoms with Gasteiger partial charge in [0.05, 0.1) is 5.69 Å². The second-order valence-electron chi connectivity index (χ2n) is 4.02. The van der Waals surface area contributed by atoms with Crippen molar-refractivity contribution in [1.29, 1.82) is 0 Å². The third-order valence-corrected chi connectivity index (χ3v) is 2.79. The Bertz CT molecular complexity index is 461. The molecule has 1 aliphatic rings. The average Bonchev–Trinajstić information content (AvgIpc) is 2.61. The van der Waals surface area contributed by atoms with Gasteiger partial charge in [-0.25, -0.2) is 4.98 Å². The van der Waals surface area contributed by atoms with Gasteiger partial charge in [-0.3, -0.25) is 9.59 Å². The highest BCUT2D eigenvalue weighted by Crippen LogP contribution is 2.11. The van der Waals surface area contributed by atoms with Crippen LogP contribution >= 0.6 is 0 Å². The molecular weight excluding hydrogens is 220 g/mol. The number of hydrogen-bond donors (Lipinski definition) is 2. The number of likely N-dealkylation sites (tertiary alicyclic amines) is 1. The number of aromatic nitrogens is 1. The second kappa shape index (κ2) is 4.40. The van der Waals surface area contributed by atoms with Gasteiger partial charge < -0.3 is 16.0 Å². The molecule has 0 aromatic carbocycles. The first-order valence-corrected chi connectivity index (χ1v) is 5.36. The number of amides is 2. The summed E-state index contributed by atoms with van der Waals surface area (Å²) in [7, 11) is 1.71. The summed E-state index contributed by atoms with van der Waals surface area (Å²) in [4.78, 5) is 29.0. The first kappa shape index (κ1) is 11.4. The van der Waals surface area contributed by atoms with Gasteiger partial charge in [0.15, 0.2) is 5.69 Å². The van der Waals surface area contributed by atoms with Crippen LogP contribution in [0.4, 0.5) is 5.69 Å². The number of nitrogens with one attached hydrogen (secondary N) is 1. The molecule has 1 aromatic rings. The van der Waals surface area contributed by atoms with Crippen LogP contribution in [0.25, 0.3) is 0 Å². The quantitative estimate of drug-likeness (QED) is 0.730. The normalized spacial score (nSPS) is 19.5. The molecule has 6 heteroatoms. The summed E-state index contributed by atoms with van der Waals surface area (Å²) >= 11 is 0. The van der Waals surface area contributed by atoms with Crippen LogP contribution in [0.15, 0.2) is 18.3 Å². The van der Waals surface area contributed by atoms with E-state index in [0.717, 1.165) is 0 Å². The molecule has 2 rings (SSSR count). The van der Waals surface area contributed by atoms with Crippen LogP contribution in [0.3, 0.4) is 0 Å².